The minimum atomic E-state index is -0.734. The number of carbonyl (C=O) groups excluding carboxylic acids is 1. The van der Waals surface area contributed by atoms with E-state index >= 15 is 4.39 Å². The molecule has 1 amide bonds. The van der Waals surface area contributed by atoms with Gasteiger partial charge in [-0.05, 0) is 55.3 Å². The molecular weight excluding hydrogens is 469 g/mol. The van der Waals surface area contributed by atoms with E-state index in [0.29, 0.717) is 21.7 Å². The number of nitrogens with zero attached hydrogens (tertiary/aromatic N) is 3. The van der Waals surface area contributed by atoms with Crippen molar-refractivity contribution in [3.63, 3.8) is 0 Å². The number of aromatic nitrogens is 3. The smallest absolute Gasteiger partial charge is 0.254 e. The quantitative estimate of drug-likeness (QED) is 0.364. The lowest BCUT2D eigenvalue weighted by molar-refractivity contribution is 0.0912. The molecule has 1 unspecified atom stereocenters. The molecule has 0 bridgehead atoms. The van der Waals surface area contributed by atoms with Gasteiger partial charge in [-0.25, -0.2) is 9.37 Å². The van der Waals surface area contributed by atoms with Crippen molar-refractivity contribution in [2.24, 2.45) is 7.05 Å². The first-order valence-electron chi connectivity index (χ1n) is 10.9. The Balaban J connectivity index is 1.63. The Bertz CT molecular complexity index is 1420. The minimum absolute atomic E-state index is 0.157. The average molecular weight is 494 g/mol. The van der Waals surface area contributed by atoms with E-state index in [0.717, 1.165) is 22.5 Å². The summed E-state index contributed by atoms with van der Waals surface area (Å²) in [6.07, 6.45) is 1.67. The third kappa shape index (κ3) is 4.89. The number of aryl methyl sites for hydroxylation is 2. The molecule has 180 valence electrons. The van der Waals surface area contributed by atoms with Gasteiger partial charge in [0, 0.05) is 40.7 Å². The number of nitrogens with two attached hydrogens (primary N) is 1. The van der Waals surface area contributed by atoms with Crippen molar-refractivity contribution in [1.29, 1.82) is 0 Å². The fourth-order valence-corrected chi connectivity index (χ4v) is 4.29. The highest BCUT2D eigenvalue weighted by Crippen LogP contribution is 2.33. The van der Waals surface area contributed by atoms with E-state index in [1.807, 2.05) is 27.0 Å². The van der Waals surface area contributed by atoms with Crippen molar-refractivity contribution in [3.8, 4) is 22.3 Å². The molecule has 2 aromatic heterocycles. The van der Waals surface area contributed by atoms with Gasteiger partial charge in [0.05, 0.1) is 23.9 Å². The average Bonchev–Trinajstić information content (AvgIpc) is 3.08. The Labute approximate surface area is 207 Å². The van der Waals surface area contributed by atoms with Crippen LogP contribution in [-0.2, 0) is 7.05 Å². The second-order valence-electron chi connectivity index (χ2n) is 8.28. The number of aliphatic hydroxyl groups excluding tert-OH is 1. The maximum atomic E-state index is 15.1. The van der Waals surface area contributed by atoms with Crippen LogP contribution in [0.1, 0.15) is 33.4 Å². The summed E-state index contributed by atoms with van der Waals surface area (Å²) in [5.74, 6) is -1.14. The number of carbonyl (C=O) groups is 1. The number of hydrogen-bond donors (Lipinski definition) is 3. The van der Waals surface area contributed by atoms with Gasteiger partial charge in [-0.15, -0.1) is 0 Å². The zero-order valence-electron chi connectivity index (χ0n) is 19.5. The molecule has 1 atom stereocenters. The van der Waals surface area contributed by atoms with Gasteiger partial charge in [-0.3, -0.25) is 9.48 Å². The van der Waals surface area contributed by atoms with E-state index in [1.165, 1.54) is 12.1 Å². The first kappa shape index (κ1) is 24.4. The lowest BCUT2D eigenvalue weighted by atomic mass is 9.98. The van der Waals surface area contributed by atoms with Crippen molar-refractivity contribution in [2.75, 3.05) is 12.3 Å². The van der Waals surface area contributed by atoms with Gasteiger partial charge in [0.15, 0.2) is 0 Å². The monoisotopic (exact) mass is 493 g/mol. The lowest BCUT2D eigenvalue weighted by Gasteiger charge is -2.17. The van der Waals surface area contributed by atoms with Crippen molar-refractivity contribution in [3.05, 3.63) is 88.1 Å². The summed E-state index contributed by atoms with van der Waals surface area (Å²) in [4.78, 5) is 17.1. The SMILES string of the molecule is Cc1nn(C)c(C)c1-c1cnc(N)c(-c2ccc(C(=O)NC(CO)c3cccc(Cl)c3)c(F)c2)c1. The van der Waals surface area contributed by atoms with Crippen LogP contribution in [0, 0.1) is 19.7 Å². The Morgan fingerprint density at radius 3 is 2.60 bits per heavy atom. The number of aliphatic hydroxyl groups is 1. The van der Waals surface area contributed by atoms with E-state index in [1.54, 1.807) is 41.2 Å². The molecule has 35 heavy (non-hydrogen) atoms. The molecule has 4 N–H and O–H groups in total. The Hall–Kier alpha value is -3.75. The Morgan fingerprint density at radius 2 is 1.97 bits per heavy atom. The van der Waals surface area contributed by atoms with E-state index in [4.69, 9.17) is 17.3 Å². The first-order chi connectivity index (χ1) is 16.7. The van der Waals surface area contributed by atoms with Crippen LogP contribution in [0.25, 0.3) is 22.3 Å². The Kier molecular flexibility index (Phi) is 6.86. The number of amides is 1. The topological polar surface area (TPSA) is 106 Å². The molecule has 9 heteroatoms. The predicted octanol–water partition coefficient (Wildman–Crippen LogP) is 4.60. The van der Waals surface area contributed by atoms with Gasteiger partial charge in [-0.2, -0.15) is 5.10 Å². The molecular formula is C26H25ClFN5O2. The zero-order valence-corrected chi connectivity index (χ0v) is 20.3. The van der Waals surface area contributed by atoms with E-state index < -0.39 is 17.8 Å². The molecule has 2 aromatic carbocycles. The van der Waals surface area contributed by atoms with Gasteiger partial charge in [0.2, 0.25) is 0 Å². The molecule has 0 radical (unpaired) electrons. The number of pyridine rings is 1. The van der Waals surface area contributed by atoms with Crippen molar-refractivity contribution in [2.45, 2.75) is 19.9 Å². The number of nitrogens with one attached hydrogen (secondary N) is 1. The summed E-state index contributed by atoms with van der Waals surface area (Å²) < 4.78 is 16.9. The van der Waals surface area contributed by atoms with Crippen LogP contribution in [0.2, 0.25) is 5.02 Å². The largest absolute Gasteiger partial charge is 0.394 e. The maximum Gasteiger partial charge on any atom is 0.254 e. The molecule has 0 fully saturated rings. The van der Waals surface area contributed by atoms with Crippen LogP contribution in [0.4, 0.5) is 10.2 Å². The number of rotatable bonds is 6. The molecule has 0 aliphatic heterocycles. The molecule has 7 nitrogen and oxygen atoms in total. The fourth-order valence-electron chi connectivity index (χ4n) is 4.10. The van der Waals surface area contributed by atoms with Crippen LogP contribution in [0.15, 0.2) is 54.7 Å². The number of nitrogen functional groups attached to an aromatic ring is 1. The van der Waals surface area contributed by atoms with Crippen LogP contribution >= 0.6 is 11.6 Å². The van der Waals surface area contributed by atoms with Gasteiger partial charge in [0.1, 0.15) is 11.6 Å². The third-order valence-electron chi connectivity index (χ3n) is 5.98. The number of anilines is 1. The van der Waals surface area contributed by atoms with Gasteiger partial charge in [0.25, 0.3) is 5.91 Å². The maximum absolute atomic E-state index is 15.1. The zero-order chi connectivity index (χ0) is 25.3. The molecule has 4 rings (SSSR count). The van der Waals surface area contributed by atoms with Gasteiger partial charge in [-0.1, -0.05) is 29.8 Å². The molecule has 4 aromatic rings. The highest BCUT2D eigenvalue weighted by atomic mass is 35.5. The van der Waals surface area contributed by atoms with Crippen LogP contribution < -0.4 is 11.1 Å². The fraction of sp³-hybridized carbons (Fsp3) is 0.192. The summed E-state index contributed by atoms with van der Waals surface area (Å²) in [5, 5.41) is 17.3. The van der Waals surface area contributed by atoms with Crippen LogP contribution in [0.5, 0.6) is 0 Å². The predicted molar refractivity (Wildman–Crippen MR) is 134 cm³/mol. The number of benzene rings is 2. The van der Waals surface area contributed by atoms with Crippen molar-refractivity contribution < 1.29 is 14.3 Å². The molecule has 0 spiro atoms. The van der Waals surface area contributed by atoms with Gasteiger partial charge >= 0.3 is 0 Å². The Morgan fingerprint density at radius 1 is 1.20 bits per heavy atom. The summed E-state index contributed by atoms with van der Waals surface area (Å²) in [6, 6.07) is 12.1. The van der Waals surface area contributed by atoms with Crippen molar-refractivity contribution >= 4 is 23.3 Å². The van der Waals surface area contributed by atoms with E-state index in [-0.39, 0.29) is 18.0 Å². The summed E-state index contributed by atoms with van der Waals surface area (Å²) in [7, 11) is 1.87. The van der Waals surface area contributed by atoms with Crippen LogP contribution in [-0.4, -0.2) is 32.4 Å². The van der Waals surface area contributed by atoms with Crippen molar-refractivity contribution in [1.82, 2.24) is 20.1 Å². The number of hydrogen-bond acceptors (Lipinski definition) is 5. The molecule has 2 heterocycles. The normalized spacial score (nSPS) is 11.9. The lowest BCUT2D eigenvalue weighted by Crippen LogP contribution is -2.31. The minimum Gasteiger partial charge on any atom is -0.394 e. The first-order valence-corrected chi connectivity index (χ1v) is 11.3. The summed E-state index contributed by atoms with van der Waals surface area (Å²) in [6.45, 7) is 3.50. The van der Waals surface area contributed by atoms with Crippen LogP contribution in [0.3, 0.4) is 0 Å². The molecule has 0 aliphatic carbocycles. The highest BCUT2D eigenvalue weighted by molar-refractivity contribution is 6.30. The second-order valence-corrected chi connectivity index (χ2v) is 8.72. The summed E-state index contributed by atoms with van der Waals surface area (Å²) in [5.41, 5.74) is 11.2. The third-order valence-corrected chi connectivity index (χ3v) is 6.21. The van der Waals surface area contributed by atoms with Gasteiger partial charge < -0.3 is 16.2 Å². The molecule has 0 aliphatic rings. The second kappa shape index (κ2) is 9.85. The highest BCUT2D eigenvalue weighted by Gasteiger charge is 2.20. The standard InChI is InChI=1S/C26H25ClFN5O2/c1-14-24(15(2)33(3)32-14)18-10-21(25(29)30-12-18)16-7-8-20(22(28)11-16)26(35)31-23(13-34)17-5-4-6-19(27)9-17/h4-12,23,34H,13H2,1-3H3,(H2,29,30)(H,31,35). The summed E-state index contributed by atoms with van der Waals surface area (Å²) >= 11 is 6.01. The molecule has 0 saturated heterocycles. The van der Waals surface area contributed by atoms with E-state index in [2.05, 4.69) is 15.4 Å². The molecule has 0 saturated carbocycles. The van der Waals surface area contributed by atoms with E-state index in [9.17, 15) is 9.90 Å². The number of halogens is 2.